The zero-order valence-electron chi connectivity index (χ0n) is 15.1. The number of carbonyl (C=O) groups excluding carboxylic acids is 1. The van der Waals surface area contributed by atoms with Gasteiger partial charge in [0.25, 0.3) is 5.91 Å². The zero-order chi connectivity index (χ0) is 18.6. The van der Waals surface area contributed by atoms with Crippen LogP contribution in [0, 0.1) is 6.92 Å². The molecule has 0 radical (unpaired) electrons. The molecule has 1 aliphatic heterocycles. The minimum atomic E-state index is -0.245. The number of morpholine rings is 1. The van der Waals surface area contributed by atoms with Crippen molar-refractivity contribution in [2.75, 3.05) is 32.8 Å². The Morgan fingerprint density at radius 3 is 2.89 bits per heavy atom. The lowest BCUT2D eigenvalue weighted by Gasteiger charge is -2.33. The number of aromatic amines is 1. The first-order chi connectivity index (χ1) is 13.2. The van der Waals surface area contributed by atoms with Crippen LogP contribution in [-0.2, 0) is 4.74 Å². The van der Waals surface area contributed by atoms with Crippen molar-refractivity contribution in [1.82, 2.24) is 20.4 Å². The van der Waals surface area contributed by atoms with E-state index in [9.17, 15) is 4.79 Å². The van der Waals surface area contributed by atoms with Gasteiger partial charge >= 0.3 is 0 Å². The van der Waals surface area contributed by atoms with Crippen LogP contribution in [0.1, 0.15) is 28.1 Å². The van der Waals surface area contributed by atoms with E-state index in [1.54, 1.807) is 18.4 Å². The predicted octanol–water partition coefficient (Wildman–Crippen LogP) is 2.37. The maximum atomic E-state index is 12.6. The second-order valence-corrected chi connectivity index (χ2v) is 6.47. The predicted molar refractivity (Wildman–Crippen MR) is 97.2 cm³/mol. The summed E-state index contributed by atoms with van der Waals surface area (Å²) in [7, 11) is 0. The van der Waals surface area contributed by atoms with Crippen molar-refractivity contribution in [3.63, 3.8) is 0 Å². The molecule has 1 saturated heterocycles. The topological polar surface area (TPSA) is 96.5 Å². The normalized spacial score (nSPS) is 16.3. The minimum absolute atomic E-state index is 0.0463. The molecule has 4 heterocycles. The van der Waals surface area contributed by atoms with E-state index in [4.69, 9.17) is 13.6 Å². The number of hydrogen-bond donors (Lipinski definition) is 2. The van der Waals surface area contributed by atoms with E-state index < -0.39 is 0 Å². The number of rotatable bonds is 6. The monoisotopic (exact) mass is 370 g/mol. The van der Waals surface area contributed by atoms with E-state index in [1.807, 2.05) is 25.1 Å². The molecule has 1 fully saturated rings. The Morgan fingerprint density at radius 2 is 2.19 bits per heavy atom. The first-order valence-electron chi connectivity index (χ1n) is 8.96. The highest BCUT2D eigenvalue weighted by Gasteiger charge is 2.26. The molecular weight excluding hydrogens is 348 g/mol. The molecule has 1 amide bonds. The highest BCUT2D eigenvalue weighted by Crippen LogP contribution is 2.23. The lowest BCUT2D eigenvalue weighted by Crippen LogP contribution is -2.43. The molecule has 2 N–H and O–H groups in total. The summed E-state index contributed by atoms with van der Waals surface area (Å²) in [4.78, 5) is 14.8. The summed E-state index contributed by atoms with van der Waals surface area (Å²) in [6.45, 7) is 5.29. The van der Waals surface area contributed by atoms with Crippen LogP contribution in [0.4, 0.5) is 0 Å². The van der Waals surface area contributed by atoms with Gasteiger partial charge in [0.15, 0.2) is 11.5 Å². The number of carbonyl (C=O) groups is 1. The van der Waals surface area contributed by atoms with Crippen molar-refractivity contribution in [3.8, 4) is 11.5 Å². The molecule has 3 aromatic heterocycles. The smallest absolute Gasteiger partial charge is 0.271 e. The number of amides is 1. The van der Waals surface area contributed by atoms with Gasteiger partial charge in [-0.3, -0.25) is 14.8 Å². The van der Waals surface area contributed by atoms with Gasteiger partial charge in [0.2, 0.25) is 0 Å². The summed E-state index contributed by atoms with van der Waals surface area (Å²) < 4.78 is 16.6. The second-order valence-electron chi connectivity index (χ2n) is 6.47. The molecule has 0 aromatic carbocycles. The number of hydrogen-bond acceptors (Lipinski definition) is 6. The average molecular weight is 370 g/mol. The summed E-state index contributed by atoms with van der Waals surface area (Å²) in [5, 5.41) is 9.88. The van der Waals surface area contributed by atoms with Crippen LogP contribution in [0.15, 0.2) is 45.4 Å². The molecule has 1 unspecified atom stereocenters. The molecular formula is C19H22N4O4. The summed E-state index contributed by atoms with van der Waals surface area (Å²) in [5.74, 6) is 2.09. The van der Waals surface area contributed by atoms with Crippen molar-refractivity contribution in [1.29, 1.82) is 0 Å². The number of furan rings is 2. The fourth-order valence-corrected chi connectivity index (χ4v) is 3.21. The Balaban J connectivity index is 1.44. The van der Waals surface area contributed by atoms with Crippen LogP contribution in [0.3, 0.4) is 0 Å². The van der Waals surface area contributed by atoms with E-state index in [1.165, 1.54) is 0 Å². The molecule has 142 valence electrons. The minimum Gasteiger partial charge on any atom is -0.465 e. The average Bonchev–Trinajstić information content (AvgIpc) is 3.44. The van der Waals surface area contributed by atoms with Crippen LogP contribution in [0.25, 0.3) is 11.5 Å². The Morgan fingerprint density at radius 1 is 1.33 bits per heavy atom. The SMILES string of the molecule is Cc1ccc(C(CNC(=O)c2cc(-c3ccco3)[nH]n2)N2CCOCC2)o1. The quantitative estimate of drug-likeness (QED) is 0.692. The number of aromatic nitrogens is 2. The molecule has 0 saturated carbocycles. The van der Waals surface area contributed by atoms with Crippen LogP contribution >= 0.6 is 0 Å². The number of nitrogens with zero attached hydrogens (tertiary/aromatic N) is 2. The maximum absolute atomic E-state index is 12.6. The molecule has 1 aliphatic rings. The van der Waals surface area contributed by atoms with Crippen LogP contribution < -0.4 is 5.32 Å². The molecule has 0 bridgehead atoms. The number of ether oxygens (including phenoxy) is 1. The van der Waals surface area contributed by atoms with Gasteiger partial charge in [-0.2, -0.15) is 5.10 Å². The molecule has 3 aromatic rings. The van der Waals surface area contributed by atoms with Crippen molar-refractivity contribution in [3.05, 3.63) is 53.8 Å². The van der Waals surface area contributed by atoms with Gasteiger partial charge in [-0.05, 0) is 31.2 Å². The summed E-state index contributed by atoms with van der Waals surface area (Å²) in [6.07, 6.45) is 1.58. The van der Waals surface area contributed by atoms with E-state index in [0.717, 1.165) is 24.6 Å². The Hall–Kier alpha value is -2.84. The number of H-pyrrole nitrogens is 1. The largest absolute Gasteiger partial charge is 0.465 e. The van der Waals surface area contributed by atoms with Gasteiger partial charge in [-0.15, -0.1) is 0 Å². The highest BCUT2D eigenvalue weighted by atomic mass is 16.5. The Labute approximate surface area is 156 Å². The standard InChI is InChI=1S/C19H22N4O4/c1-13-4-5-18(27-13)16(23-6-9-25-10-7-23)12-20-19(24)15-11-14(21-22-15)17-3-2-8-26-17/h2-5,8,11,16H,6-7,9-10,12H2,1H3,(H,20,24)(H,21,22). The zero-order valence-corrected chi connectivity index (χ0v) is 15.1. The highest BCUT2D eigenvalue weighted by molar-refractivity contribution is 5.93. The first kappa shape index (κ1) is 17.6. The fraction of sp³-hybridized carbons (Fsp3) is 0.368. The third-order valence-corrected chi connectivity index (χ3v) is 4.63. The Bertz CT molecular complexity index is 877. The van der Waals surface area contributed by atoms with Crippen LogP contribution in [0.2, 0.25) is 0 Å². The lowest BCUT2D eigenvalue weighted by atomic mass is 10.1. The molecule has 4 rings (SSSR count). The van der Waals surface area contributed by atoms with Crippen molar-refractivity contribution in [2.45, 2.75) is 13.0 Å². The number of aryl methyl sites for hydroxylation is 1. The molecule has 0 spiro atoms. The van der Waals surface area contributed by atoms with Crippen LogP contribution in [0.5, 0.6) is 0 Å². The fourth-order valence-electron chi connectivity index (χ4n) is 3.21. The second kappa shape index (κ2) is 7.81. The molecule has 27 heavy (non-hydrogen) atoms. The van der Waals surface area contributed by atoms with E-state index in [2.05, 4.69) is 20.4 Å². The first-order valence-corrected chi connectivity index (χ1v) is 8.96. The summed E-state index contributed by atoms with van der Waals surface area (Å²) in [5.41, 5.74) is 0.981. The number of nitrogens with one attached hydrogen (secondary N) is 2. The van der Waals surface area contributed by atoms with Gasteiger partial charge in [-0.25, -0.2) is 0 Å². The van der Waals surface area contributed by atoms with Crippen LogP contribution in [-0.4, -0.2) is 53.9 Å². The third-order valence-electron chi connectivity index (χ3n) is 4.63. The molecule has 0 aliphatic carbocycles. The molecule has 8 heteroatoms. The van der Waals surface area contributed by atoms with Gasteiger partial charge in [0.05, 0.1) is 25.5 Å². The molecule has 8 nitrogen and oxygen atoms in total. The maximum Gasteiger partial charge on any atom is 0.271 e. The van der Waals surface area contributed by atoms with Gasteiger partial charge in [-0.1, -0.05) is 0 Å². The van der Waals surface area contributed by atoms with Gasteiger partial charge < -0.3 is 18.9 Å². The van der Waals surface area contributed by atoms with E-state index in [0.29, 0.717) is 36.9 Å². The van der Waals surface area contributed by atoms with Crippen molar-refractivity contribution >= 4 is 5.91 Å². The summed E-state index contributed by atoms with van der Waals surface area (Å²) in [6, 6.07) is 9.13. The molecule has 1 atom stereocenters. The van der Waals surface area contributed by atoms with Gasteiger partial charge in [0.1, 0.15) is 17.2 Å². The van der Waals surface area contributed by atoms with E-state index >= 15 is 0 Å². The summed E-state index contributed by atoms with van der Waals surface area (Å²) >= 11 is 0. The van der Waals surface area contributed by atoms with Crippen molar-refractivity contribution in [2.24, 2.45) is 0 Å². The van der Waals surface area contributed by atoms with Gasteiger partial charge in [0, 0.05) is 25.7 Å². The third kappa shape index (κ3) is 3.96. The van der Waals surface area contributed by atoms with E-state index in [-0.39, 0.29) is 11.9 Å². The lowest BCUT2D eigenvalue weighted by molar-refractivity contribution is 0.0117. The van der Waals surface area contributed by atoms with Crippen molar-refractivity contribution < 1.29 is 18.4 Å². The Kier molecular flexibility index (Phi) is 5.08.